The number of nitrogens with two attached hydrogens (primary N) is 2. The summed E-state index contributed by atoms with van der Waals surface area (Å²) in [4.78, 5) is 4.26. The van der Waals surface area contributed by atoms with Gasteiger partial charge in [-0.1, -0.05) is 6.92 Å². The molecule has 0 aromatic carbocycles. The molecule has 0 amide bonds. The van der Waals surface area contributed by atoms with E-state index in [2.05, 4.69) is 17.2 Å². The summed E-state index contributed by atoms with van der Waals surface area (Å²) in [6.07, 6.45) is 3.48. The van der Waals surface area contributed by atoms with E-state index in [-0.39, 0.29) is 24.3 Å². The third-order valence-corrected chi connectivity index (χ3v) is 2.15. The second kappa shape index (κ2) is 5.70. The normalized spacial score (nSPS) is 18.2. The minimum Gasteiger partial charge on any atom is -0.370 e. The molecule has 5 nitrogen and oxygen atoms in total. The van der Waals surface area contributed by atoms with Crippen molar-refractivity contribution in [2.45, 2.75) is 32.2 Å². The molecular weight excluding hydrogens is 202 g/mol. The van der Waals surface area contributed by atoms with Crippen LogP contribution in [0.15, 0.2) is 4.99 Å². The first-order chi connectivity index (χ1) is 6.13. The minimum atomic E-state index is -0.160. The maximum atomic E-state index is 6.95. The van der Waals surface area contributed by atoms with Crippen molar-refractivity contribution < 1.29 is 0 Å². The van der Waals surface area contributed by atoms with Crippen LogP contribution in [0.2, 0.25) is 0 Å². The Hall–Kier alpha value is -0.970. The van der Waals surface area contributed by atoms with Gasteiger partial charge in [-0.25, -0.2) is 4.99 Å². The van der Waals surface area contributed by atoms with E-state index in [4.69, 9.17) is 16.9 Å². The number of rotatable bonds is 3. The standard InChI is InChI=1S/C8H17N5.ClH/c1-2-6(5-3-4-5)12-8(11)13-7(9)10;/h5-6H,2-4H2,1H3,(H6,9,10,11,12,13);1H. The van der Waals surface area contributed by atoms with E-state index >= 15 is 0 Å². The molecule has 0 aliphatic heterocycles. The van der Waals surface area contributed by atoms with E-state index in [1.54, 1.807) is 0 Å². The van der Waals surface area contributed by atoms with Gasteiger partial charge >= 0.3 is 0 Å². The number of aliphatic imine (C=N–C) groups is 1. The summed E-state index contributed by atoms with van der Waals surface area (Å²) in [5.74, 6) is 0.787. The molecule has 1 rings (SSSR count). The highest BCUT2D eigenvalue weighted by Crippen LogP contribution is 2.35. The lowest BCUT2D eigenvalue weighted by atomic mass is 10.1. The summed E-state index contributed by atoms with van der Waals surface area (Å²) < 4.78 is 0. The molecule has 0 radical (unpaired) electrons. The van der Waals surface area contributed by atoms with Gasteiger partial charge in [-0.3, -0.25) is 10.7 Å². The second-order valence-electron chi connectivity index (χ2n) is 3.37. The fourth-order valence-corrected chi connectivity index (χ4v) is 1.36. The fourth-order valence-electron chi connectivity index (χ4n) is 1.36. The van der Waals surface area contributed by atoms with Gasteiger partial charge in [0.05, 0.1) is 6.04 Å². The van der Waals surface area contributed by atoms with Crippen LogP contribution in [0.5, 0.6) is 0 Å². The Morgan fingerprint density at radius 3 is 2.50 bits per heavy atom. The maximum Gasteiger partial charge on any atom is 0.195 e. The first-order valence-corrected chi connectivity index (χ1v) is 4.57. The molecule has 0 aromatic rings. The van der Waals surface area contributed by atoms with Gasteiger partial charge in [-0.05, 0) is 25.2 Å². The Balaban J connectivity index is 0.00000169. The highest BCUT2D eigenvalue weighted by atomic mass is 35.5. The van der Waals surface area contributed by atoms with Crippen LogP contribution in [-0.2, 0) is 0 Å². The molecule has 1 unspecified atom stereocenters. The van der Waals surface area contributed by atoms with E-state index in [1.165, 1.54) is 12.8 Å². The smallest absolute Gasteiger partial charge is 0.195 e. The van der Waals surface area contributed by atoms with Crippen LogP contribution in [0.3, 0.4) is 0 Å². The van der Waals surface area contributed by atoms with Gasteiger partial charge in [-0.2, -0.15) is 0 Å². The van der Waals surface area contributed by atoms with Crippen molar-refractivity contribution in [3.63, 3.8) is 0 Å². The Morgan fingerprint density at radius 2 is 2.14 bits per heavy atom. The number of hydrogen-bond acceptors (Lipinski definition) is 2. The summed E-state index contributed by atoms with van der Waals surface area (Å²) >= 11 is 0. The Bertz CT molecular complexity index is 224. The maximum absolute atomic E-state index is 6.95. The zero-order valence-electron chi connectivity index (χ0n) is 8.29. The molecule has 1 atom stereocenters. The molecule has 1 aliphatic rings. The fraction of sp³-hybridized carbons (Fsp3) is 0.750. The Morgan fingerprint density at radius 1 is 1.57 bits per heavy atom. The summed E-state index contributed by atoms with van der Waals surface area (Å²) in [5.41, 5.74) is 10.6. The van der Waals surface area contributed by atoms with Gasteiger partial charge in [-0.15, -0.1) is 12.4 Å². The van der Waals surface area contributed by atoms with Crippen LogP contribution in [0.1, 0.15) is 26.2 Å². The number of hydrogen-bond donors (Lipinski definition) is 4. The van der Waals surface area contributed by atoms with Crippen LogP contribution in [0, 0.1) is 11.3 Å². The molecule has 14 heavy (non-hydrogen) atoms. The largest absolute Gasteiger partial charge is 0.370 e. The van der Waals surface area contributed by atoms with Crippen LogP contribution in [0.4, 0.5) is 0 Å². The van der Waals surface area contributed by atoms with Crippen LogP contribution in [-0.4, -0.2) is 18.0 Å². The molecule has 1 aliphatic carbocycles. The molecule has 1 fully saturated rings. The van der Waals surface area contributed by atoms with Crippen LogP contribution < -0.4 is 16.8 Å². The average molecular weight is 220 g/mol. The number of nitrogens with zero attached hydrogens (tertiary/aromatic N) is 1. The molecule has 0 spiro atoms. The number of nitrogens with one attached hydrogen (secondary N) is 2. The van der Waals surface area contributed by atoms with Crippen molar-refractivity contribution >= 4 is 24.3 Å². The van der Waals surface area contributed by atoms with Gasteiger partial charge < -0.3 is 11.5 Å². The topological polar surface area (TPSA) is 100 Å². The molecule has 6 heteroatoms. The van der Waals surface area contributed by atoms with Crippen molar-refractivity contribution in [2.75, 3.05) is 0 Å². The van der Waals surface area contributed by atoms with Gasteiger partial charge in [0.1, 0.15) is 0 Å². The van der Waals surface area contributed by atoms with Crippen LogP contribution in [0.25, 0.3) is 0 Å². The molecular formula is C8H18ClN5. The quantitative estimate of drug-likeness (QED) is 0.408. The van der Waals surface area contributed by atoms with Crippen molar-refractivity contribution in [3.05, 3.63) is 0 Å². The minimum absolute atomic E-state index is 0. The van der Waals surface area contributed by atoms with E-state index in [9.17, 15) is 0 Å². The predicted octanol–water partition coefficient (Wildman–Crippen LogP) is 0.395. The van der Waals surface area contributed by atoms with Gasteiger partial charge in [0.15, 0.2) is 11.9 Å². The van der Waals surface area contributed by atoms with E-state index < -0.39 is 0 Å². The molecule has 1 saturated carbocycles. The monoisotopic (exact) mass is 219 g/mol. The number of guanidine groups is 2. The molecule has 0 aromatic heterocycles. The average Bonchev–Trinajstić information content (AvgIpc) is 2.81. The first kappa shape index (κ1) is 13.0. The summed E-state index contributed by atoms with van der Waals surface area (Å²) in [5, 5.41) is 9.43. The summed E-state index contributed by atoms with van der Waals surface area (Å²) in [7, 11) is 0. The molecule has 0 bridgehead atoms. The first-order valence-electron chi connectivity index (χ1n) is 4.57. The number of halogens is 1. The van der Waals surface area contributed by atoms with Gasteiger partial charge in [0, 0.05) is 0 Å². The Labute approximate surface area is 90.3 Å². The molecule has 6 N–H and O–H groups in total. The van der Waals surface area contributed by atoms with Crippen molar-refractivity contribution in [3.8, 4) is 0 Å². The van der Waals surface area contributed by atoms with Gasteiger partial charge in [0.25, 0.3) is 0 Å². The Kier molecular flexibility index (Phi) is 5.30. The molecule has 0 saturated heterocycles. The summed E-state index contributed by atoms with van der Waals surface area (Å²) in [6, 6.07) is 0.298. The third kappa shape index (κ3) is 4.32. The zero-order chi connectivity index (χ0) is 9.84. The predicted molar refractivity (Wildman–Crippen MR) is 60.7 cm³/mol. The van der Waals surface area contributed by atoms with Crippen molar-refractivity contribution in [1.82, 2.24) is 5.32 Å². The highest BCUT2D eigenvalue weighted by Gasteiger charge is 2.29. The molecule has 0 heterocycles. The van der Waals surface area contributed by atoms with Gasteiger partial charge in [0.2, 0.25) is 0 Å². The van der Waals surface area contributed by atoms with E-state index in [1.807, 2.05) is 0 Å². The van der Waals surface area contributed by atoms with Crippen LogP contribution >= 0.6 is 12.4 Å². The lowest BCUT2D eigenvalue weighted by molar-refractivity contribution is 0.577. The van der Waals surface area contributed by atoms with E-state index in [0.717, 1.165) is 6.42 Å². The second-order valence-corrected chi connectivity index (χ2v) is 3.37. The SMILES string of the molecule is CCC(N=C(N)NC(=N)N)C1CC1.Cl. The molecule has 82 valence electrons. The summed E-state index contributed by atoms with van der Waals surface area (Å²) in [6.45, 7) is 2.09. The third-order valence-electron chi connectivity index (χ3n) is 2.15. The van der Waals surface area contributed by atoms with E-state index in [0.29, 0.717) is 12.0 Å². The highest BCUT2D eigenvalue weighted by molar-refractivity contribution is 5.95. The zero-order valence-corrected chi connectivity index (χ0v) is 9.10. The van der Waals surface area contributed by atoms with Crippen molar-refractivity contribution in [2.24, 2.45) is 22.4 Å². The lowest BCUT2D eigenvalue weighted by Gasteiger charge is -2.10. The van der Waals surface area contributed by atoms with Crippen molar-refractivity contribution in [1.29, 1.82) is 5.41 Å². The lowest BCUT2D eigenvalue weighted by Crippen LogP contribution is -2.41.